The third-order valence-electron chi connectivity index (χ3n) is 3.79. The highest BCUT2D eigenvalue weighted by atomic mass is 35.5. The number of halogens is 3. The van der Waals surface area contributed by atoms with E-state index in [-0.39, 0.29) is 17.6 Å². The second-order valence-electron chi connectivity index (χ2n) is 5.53. The van der Waals surface area contributed by atoms with Crippen LogP contribution in [-0.2, 0) is 9.59 Å². The van der Waals surface area contributed by atoms with Crippen LogP contribution in [-0.4, -0.2) is 11.8 Å². The van der Waals surface area contributed by atoms with Crippen molar-refractivity contribution >= 4 is 46.4 Å². The number of rotatable bonds is 4. The van der Waals surface area contributed by atoms with Gasteiger partial charge in [0, 0.05) is 5.69 Å². The Kier molecular flexibility index (Phi) is 4.73. The molecule has 0 aliphatic heterocycles. The fourth-order valence-corrected chi connectivity index (χ4v) is 2.87. The SMILES string of the molecule is O=C(Nc1ccc(F)cc1)C1CC1C(=O)Nc1c(Cl)cccc1Cl. The summed E-state index contributed by atoms with van der Waals surface area (Å²) in [4.78, 5) is 24.4. The van der Waals surface area contributed by atoms with E-state index in [4.69, 9.17) is 23.2 Å². The maximum Gasteiger partial charge on any atom is 0.228 e. The van der Waals surface area contributed by atoms with Gasteiger partial charge in [-0.15, -0.1) is 0 Å². The molecule has 1 saturated carbocycles. The molecule has 24 heavy (non-hydrogen) atoms. The van der Waals surface area contributed by atoms with Crippen LogP contribution < -0.4 is 10.6 Å². The summed E-state index contributed by atoms with van der Waals surface area (Å²) in [5.74, 6) is -1.81. The van der Waals surface area contributed by atoms with E-state index >= 15 is 0 Å². The highest BCUT2D eigenvalue weighted by Crippen LogP contribution is 2.41. The first kappa shape index (κ1) is 16.7. The van der Waals surface area contributed by atoms with Crippen molar-refractivity contribution in [3.63, 3.8) is 0 Å². The van der Waals surface area contributed by atoms with Crippen LogP contribution in [0.5, 0.6) is 0 Å². The quantitative estimate of drug-likeness (QED) is 0.844. The van der Waals surface area contributed by atoms with E-state index in [0.29, 0.717) is 27.8 Å². The lowest BCUT2D eigenvalue weighted by Gasteiger charge is -2.09. The molecule has 1 aliphatic carbocycles. The average Bonchev–Trinajstić information content (AvgIpc) is 3.34. The van der Waals surface area contributed by atoms with Gasteiger partial charge in [0.2, 0.25) is 11.8 Å². The topological polar surface area (TPSA) is 58.2 Å². The smallest absolute Gasteiger partial charge is 0.228 e. The van der Waals surface area contributed by atoms with Gasteiger partial charge < -0.3 is 10.6 Å². The van der Waals surface area contributed by atoms with E-state index in [9.17, 15) is 14.0 Å². The molecule has 0 bridgehead atoms. The van der Waals surface area contributed by atoms with E-state index in [2.05, 4.69) is 10.6 Å². The first-order valence-corrected chi connectivity index (χ1v) is 8.02. The number of anilines is 2. The van der Waals surface area contributed by atoms with Crippen molar-refractivity contribution < 1.29 is 14.0 Å². The molecule has 2 N–H and O–H groups in total. The summed E-state index contributed by atoms with van der Waals surface area (Å²) >= 11 is 12.0. The Hall–Kier alpha value is -2.11. The Balaban J connectivity index is 1.59. The highest BCUT2D eigenvalue weighted by Gasteiger charge is 2.48. The minimum absolute atomic E-state index is 0.271. The largest absolute Gasteiger partial charge is 0.326 e. The fraction of sp³-hybridized carbons (Fsp3) is 0.176. The normalized spacial score (nSPS) is 18.8. The van der Waals surface area contributed by atoms with E-state index in [1.54, 1.807) is 18.2 Å². The lowest BCUT2D eigenvalue weighted by Crippen LogP contribution is -2.20. The Bertz CT molecular complexity index is 775. The Labute approximate surface area is 148 Å². The Morgan fingerprint density at radius 3 is 2.04 bits per heavy atom. The number of benzene rings is 2. The minimum atomic E-state index is -0.433. The maximum absolute atomic E-state index is 12.8. The molecule has 7 heteroatoms. The second kappa shape index (κ2) is 6.79. The molecular formula is C17H13Cl2FN2O2. The van der Waals surface area contributed by atoms with Gasteiger partial charge in [0.25, 0.3) is 0 Å². The summed E-state index contributed by atoms with van der Waals surface area (Å²) in [6.45, 7) is 0. The molecule has 0 saturated heterocycles. The highest BCUT2D eigenvalue weighted by molar-refractivity contribution is 6.39. The molecule has 2 amide bonds. The summed E-state index contributed by atoms with van der Waals surface area (Å²) < 4.78 is 12.8. The van der Waals surface area contributed by atoms with Crippen molar-refractivity contribution in [3.05, 3.63) is 58.3 Å². The molecule has 0 aromatic heterocycles. The maximum atomic E-state index is 12.8. The number of para-hydroxylation sites is 1. The van der Waals surface area contributed by atoms with Crippen molar-refractivity contribution in [2.45, 2.75) is 6.42 Å². The number of nitrogens with one attached hydrogen (secondary N) is 2. The molecule has 4 nitrogen and oxygen atoms in total. The van der Waals surface area contributed by atoms with Crippen molar-refractivity contribution in [3.8, 4) is 0 Å². The number of hydrogen-bond donors (Lipinski definition) is 2. The van der Waals surface area contributed by atoms with Gasteiger partial charge in [0.1, 0.15) is 5.82 Å². The predicted octanol–water partition coefficient (Wildman–Crippen LogP) is 4.35. The molecule has 2 aromatic rings. The summed E-state index contributed by atoms with van der Waals surface area (Å²) in [5.41, 5.74) is 0.831. The molecule has 2 unspecified atom stereocenters. The van der Waals surface area contributed by atoms with Gasteiger partial charge in [-0.2, -0.15) is 0 Å². The van der Waals surface area contributed by atoms with Crippen LogP contribution in [0.25, 0.3) is 0 Å². The van der Waals surface area contributed by atoms with Crippen molar-refractivity contribution in [2.75, 3.05) is 10.6 Å². The third-order valence-corrected chi connectivity index (χ3v) is 4.42. The monoisotopic (exact) mass is 366 g/mol. The van der Waals surface area contributed by atoms with Crippen LogP contribution in [0.2, 0.25) is 10.0 Å². The van der Waals surface area contributed by atoms with Gasteiger partial charge in [0.15, 0.2) is 0 Å². The summed E-state index contributed by atoms with van der Waals surface area (Å²) in [6.07, 6.45) is 0.445. The van der Waals surface area contributed by atoms with Crippen molar-refractivity contribution in [1.82, 2.24) is 0 Å². The predicted molar refractivity (Wildman–Crippen MR) is 91.7 cm³/mol. The first-order valence-electron chi connectivity index (χ1n) is 7.27. The summed E-state index contributed by atoms with van der Waals surface area (Å²) in [6, 6.07) is 10.4. The van der Waals surface area contributed by atoms with Gasteiger partial charge in [-0.05, 0) is 42.8 Å². The zero-order valence-electron chi connectivity index (χ0n) is 12.4. The van der Waals surface area contributed by atoms with Crippen LogP contribution >= 0.6 is 23.2 Å². The van der Waals surface area contributed by atoms with Crippen molar-refractivity contribution in [1.29, 1.82) is 0 Å². The zero-order chi connectivity index (χ0) is 17.3. The van der Waals surface area contributed by atoms with Crippen LogP contribution in [0.3, 0.4) is 0 Å². The zero-order valence-corrected chi connectivity index (χ0v) is 13.9. The third kappa shape index (κ3) is 3.68. The van der Waals surface area contributed by atoms with Gasteiger partial charge >= 0.3 is 0 Å². The van der Waals surface area contributed by atoms with Crippen LogP contribution in [0.4, 0.5) is 15.8 Å². The molecule has 2 atom stereocenters. The van der Waals surface area contributed by atoms with E-state index in [0.717, 1.165) is 0 Å². The number of carbonyl (C=O) groups excluding carboxylic acids is 2. The van der Waals surface area contributed by atoms with Crippen molar-refractivity contribution in [2.24, 2.45) is 11.8 Å². The molecule has 0 radical (unpaired) electrons. The Morgan fingerprint density at radius 2 is 1.46 bits per heavy atom. The van der Waals surface area contributed by atoms with Crippen LogP contribution in [0.1, 0.15) is 6.42 Å². The summed E-state index contributed by atoms with van der Waals surface area (Å²) in [5, 5.41) is 6.00. The summed E-state index contributed by atoms with van der Waals surface area (Å²) in [7, 11) is 0. The lowest BCUT2D eigenvalue weighted by molar-refractivity contribution is -0.122. The fourth-order valence-electron chi connectivity index (χ4n) is 2.38. The lowest BCUT2D eigenvalue weighted by atomic mass is 10.2. The van der Waals surface area contributed by atoms with Crippen LogP contribution in [0, 0.1) is 17.7 Å². The number of amides is 2. The molecule has 0 spiro atoms. The molecule has 124 valence electrons. The van der Waals surface area contributed by atoms with Gasteiger partial charge in [-0.3, -0.25) is 9.59 Å². The van der Waals surface area contributed by atoms with Gasteiger partial charge in [-0.25, -0.2) is 4.39 Å². The first-order chi connectivity index (χ1) is 11.5. The van der Waals surface area contributed by atoms with Gasteiger partial charge in [-0.1, -0.05) is 29.3 Å². The van der Waals surface area contributed by atoms with E-state index in [1.165, 1.54) is 24.3 Å². The van der Waals surface area contributed by atoms with E-state index in [1.807, 2.05) is 0 Å². The second-order valence-corrected chi connectivity index (χ2v) is 6.35. The average molecular weight is 367 g/mol. The molecule has 2 aromatic carbocycles. The number of hydrogen-bond acceptors (Lipinski definition) is 2. The number of carbonyl (C=O) groups is 2. The standard InChI is InChI=1S/C17H13Cl2FN2O2/c18-13-2-1-3-14(19)15(13)22-17(24)12-8-11(12)16(23)21-10-6-4-9(20)5-7-10/h1-7,11-12H,8H2,(H,21,23)(H,22,24). The molecule has 1 aliphatic rings. The Morgan fingerprint density at radius 1 is 0.917 bits per heavy atom. The molecular weight excluding hydrogens is 354 g/mol. The molecule has 3 rings (SSSR count). The van der Waals surface area contributed by atoms with Gasteiger partial charge in [0.05, 0.1) is 27.6 Å². The van der Waals surface area contributed by atoms with E-state index < -0.39 is 11.8 Å². The van der Waals surface area contributed by atoms with Crippen LogP contribution in [0.15, 0.2) is 42.5 Å². The minimum Gasteiger partial charge on any atom is -0.326 e. The molecule has 0 heterocycles. The molecule has 1 fully saturated rings.